The van der Waals surface area contributed by atoms with Crippen molar-refractivity contribution in [3.8, 4) is 11.3 Å². The van der Waals surface area contributed by atoms with Crippen molar-refractivity contribution in [2.75, 3.05) is 31.6 Å². The van der Waals surface area contributed by atoms with Crippen LogP contribution in [-0.4, -0.2) is 56.0 Å². The van der Waals surface area contributed by atoms with Gasteiger partial charge < -0.3 is 15.4 Å². The van der Waals surface area contributed by atoms with Gasteiger partial charge in [-0.1, -0.05) is 12.1 Å². The zero-order valence-corrected chi connectivity index (χ0v) is 24.2. The fraction of sp³-hybridized carbons (Fsp3) is 0.355. The number of aromatic nitrogens is 6. The normalized spacial score (nSPS) is 17.6. The predicted molar refractivity (Wildman–Crippen MR) is 164 cm³/mol. The Morgan fingerprint density at radius 1 is 1.05 bits per heavy atom. The first-order valence-electron chi connectivity index (χ1n) is 14.4. The highest BCUT2D eigenvalue weighted by atomic mass is 32.1. The highest BCUT2D eigenvalue weighted by Gasteiger charge is 2.22. The number of fused-ring (bicyclic) bond motifs is 1. The van der Waals surface area contributed by atoms with Crippen molar-refractivity contribution in [3.05, 3.63) is 86.4 Å². The van der Waals surface area contributed by atoms with Gasteiger partial charge in [0.1, 0.15) is 5.65 Å². The molecule has 2 fully saturated rings. The van der Waals surface area contributed by atoms with Crippen LogP contribution >= 0.6 is 11.3 Å². The van der Waals surface area contributed by atoms with Crippen molar-refractivity contribution in [1.29, 1.82) is 0 Å². The van der Waals surface area contributed by atoms with E-state index in [2.05, 4.69) is 55.1 Å². The Labute approximate surface area is 247 Å². The standard InChI is InChI=1S/C31H32N8O2S/c1-19-28(34-18-42-19)26-12-23-14-33-31(37-25-4-2-20(3-5-25)22-6-9-32-13-22)38-29(23)39(30(26)40)17-24-15-35-36-16-27(24)21-7-10-41-11-8-21/h2-5,12,14-16,18,21-22,32H,6-11,13,17H2,1H3,(H,33,37,38). The van der Waals surface area contributed by atoms with Crippen LogP contribution in [0, 0.1) is 6.92 Å². The van der Waals surface area contributed by atoms with Gasteiger partial charge in [0.15, 0.2) is 0 Å². The summed E-state index contributed by atoms with van der Waals surface area (Å²) in [7, 11) is 0. The highest BCUT2D eigenvalue weighted by Crippen LogP contribution is 2.31. The summed E-state index contributed by atoms with van der Waals surface area (Å²) in [4.78, 5) is 29.1. The summed E-state index contributed by atoms with van der Waals surface area (Å²) in [6, 6.07) is 10.3. The van der Waals surface area contributed by atoms with Crippen molar-refractivity contribution in [3.63, 3.8) is 0 Å². The SMILES string of the molecule is Cc1scnc1-c1cc2cnc(Nc3ccc(C4CCNC4)cc3)nc2n(Cc2cnncc2C2CCOCC2)c1=O. The van der Waals surface area contributed by atoms with Gasteiger partial charge in [-0.2, -0.15) is 15.2 Å². The summed E-state index contributed by atoms with van der Waals surface area (Å²) in [5.74, 6) is 1.29. The van der Waals surface area contributed by atoms with E-state index in [1.165, 1.54) is 16.9 Å². The van der Waals surface area contributed by atoms with Gasteiger partial charge in [0.05, 0.1) is 35.7 Å². The van der Waals surface area contributed by atoms with E-state index in [4.69, 9.17) is 9.72 Å². The number of aryl methyl sites for hydroxylation is 1. The summed E-state index contributed by atoms with van der Waals surface area (Å²) in [5, 5.41) is 15.9. The second kappa shape index (κ2) is 11.7. The van der Waals surface area contributed by atoms with Gasteiger partial charge in [-0.15, -0.1) is 11.3 Å². The number of rotatable bonds is 7. The van der Waals surface area contributed by atoms with E-state index >= 15 is 0 Å². The molecule has 0 bridgehead atoms. The predicted octanol–water partition coefficient (Wildman–Crippen LogP) is 4.78. The third-order valence-corrected chi connectivity index (χ3v) is 9.12. The average molecular weight is 581 g/mol. The van der Waals surface area contributed by atoms with Crippen LogP contribution in [0.15, 0.2) is 59.2 Å². The lowest BCUT2D eigenvalue weighted by Crippen LogP contribution is -2.25. The van der Waals surface area contributed by atoms with Crippen LogP contribution in [0.3, 0.4) is 0 Å². The van der Waals surface area contributed by atoms with Gasteiger partial charge in [0.25, 0.3) is 5.56 Å². The van der Waals surface area contributed by atoms with Crippen molar-refractivity contribution >= 4 is 34.0 Å². The molecule has 1 unspecified atom stereocenters. The molecule has 0 amide bonds. The van der Waals surface area contributed by atoms with Crippen LogP contribution in [0.25, 0.3) is 22.3 Å². The van der Waals surface area contributed by atoms with Crippen molar-refractivity contribution < 1.29 is 4.74 Å². The minimum Gasteiger partial charge on any atom is -0.381 e. The number of hydrogen-bond donors (Lipinski definition) is 2. The summed E-state index contributed by atoms with van der Waals surface area (Å²) < 4.78 is 7.32. The Kier molecular flexibility index (Phi) is 7.45. The Balaban J connectivity index is 1.29. The number of benzene rings is 1. The lowest BCUT2D eigenvalue weighted by molar-refractivity contribution is 0.0850. The van der Waals surface area contributed by atoms with Gasteiger partial charge in [0.2, 0.25) is 5.95 Å². The number of anilines is 2. The Bertz CT molecular complexity index is 1770. The molecule has 214 valence electrons. The molecule has 0 aliphatic carbocycles. The van der Waals surface area contributed by atoms with Crippen LogP contribution < -0.4 is 16.2 Å². The second-order valence-electron chi connectivity index (χ2n) is 11.0. The lowest BCUT2D eigenvalue weighted by Gasteiger charge is -2.24. The molecule has 0 saturated carbocycles. The maximum Gasteiger partial charge on any atom is 0.262 e. The van der Waals surface area contributed by atoms with Crippen molar-refractivity contribution in [2.45, 2.75) is 44.6 Å². The fourth-order valence-electron chi connectivity index (χ4n) is 6.04. The maximum atomic E-state index is 14.1. The third kappa shape index (κ3) is 5.31. The zero-order valence-electron chi connectivity index (χ0n) is 23.4. The molecule has 10 nitrogen and oxygen atoms in total. The van der Waals surface area contributed by atoms with E-state index in [1.54, 1.807) is 22.5 Å². The molecule has 0 radical (unpaired) electrons. The maximum absolute atomic E-state index is 14.1. The third-order valence-electron chi connectivity index (χ3n) is 8.36. The number of thiazole rings is 1. The van der Waals surface area contributed by atoms with Crippen LogP contribution in [0.1, 0.15) is 52.7 Å². The molecule has 42 heavy (non-hydrogen) atoms. The molecule has 1 aromatic carbocycles. The van der Waals surface area contributed by atoms with Crippen LogP contribution in [0.4, 0.5) is 11.6 Å². The van der Waals surface area contributed by atoms with Gasteiger partial charge in [-0.25, -0.2) is 9.97 Å². The number of ether oxygens (including phenoxy) is 1. The monoisotopic (exact) mass is 580 g/mol. The molecule has 7 rings (SSSR count). The smallest absolute Gasteiger partial charge is 0.262 e. The summed E-state index contributed by atoms with van der Waals surface area (Å²) in [6.07, 6.45) is 8.36. The van der Waals surface area contributed by atoms with Crippen LogP contribution in [0.5, 0.6) is 0 Å². The fourth-order valence-corrected chi connectivity index (χ4v) is 6.63. The first-order chi connectivity index (χ1) is 20.6. The minimum atomic E-state index is -0.148. The number of nitrogens with zero attached hydrogens (tertiary/aromatic N) is 6. The molecule has 0 spiro atoms. The molecule has 2 aliphatic rings. The van der Waals surface area contributed by atoms with Crippen molar-refractivity contribution in [1.82, 2.24) is 35.0 Å². The Morgan fingerprint density at radius 3 is 2.64 bits per heavy atom. The molecule has 6 heterocycles. The van der Waals surface area contributed by atoms with Gasteiger partial charge >= 0.3 is 0 Å². The lowest BCUT2D eigenvalue weighted by atomic mass is 9.90. The summed E-state index contributed by atoms with van der Waals surface area (Å²) in [5.41, 5.74) is 7.69. The highest BCUT2D eigenvalue weighted by molar-refractivity contribution is 7.10. The molecule has 1 atom stereocenters. The van der Waals surface area contributed by atoms with Gasteiger partial charge in [-0.3, -0.25) is 9.36 Å². The van der Waals surface area contributed by atoms with E-state index in [-0.39, 0.29) is 5.56 Å². The molecule has 4 aromatic heterocycles. The van der Waals surface area contributed by atoms with Crippen LogP contribution in [0.2, 0.25) is 0 Å². The van der Waals surface area contributed by atoms with E-state index in [0.717, 1.165) is 59.4 Å². The number of nitrogens with one attached hydrogen (secondary N) is 2. The van der Waals surface area contributed by atoms with E-state index in [0.29, 0.717) is 54.4 Å². The molecule has 2 aliphatic heterocycles. The molecule has 2 saturated heterocycles. The van der Waals surface area contributed by atoms with Crippen LogP contribution in [-0.2, 0) is 11.3 Å². The number of pyridine rings is 1. The minimum absolute atomic E-state index is 0.148. The quantitative estimate of drug-likeness (QED) is 0.280. The number of hydrogen-bond acceptors (Lipinski definition) is 10. The molecule has 5 aromatic rings. The van der Waals surface area contributed by atoms with Gasteiger partial charge in [-0.05, 0) is 79.5 Å². The molecular formula is C31H32N8O2S. The van der Waals surface area contributed by atoms with Gasteiger partial charge in [0, 0.05) is 41.9 Å². The Morgan fingerprint density at radius 2 is 1.88 bits per heavy atom. The first kappa shape index (κ1) is 26.8. The molecular weight excluding hydrogens is 548 g/mol. The van der Waals surface area contributed by atoms with E-state index in [1.807, 2.05) is 19.2 Å². The molecule has 11 heteroatoms. The summed E-state index contributed by atoms with van der Waals surface area (Å²) in [6.45, 7) is 5.81. The van der Waals surface area contributed by atoms with E-state index in [9.17, 15) is 4.79 Å². The van der Waals surface area contributed by atoms with E-state index < -0.39 is 0 Å². The summed E-state index contributed by atoms with van der Waals surface area (Å²) >= 11 is 1.52. The van der Waals surface area contributed by atoms with Crippen molar-refractivity contribution in [2.24, 2.45) is 0 Å². The Hall–Kier alpha value is -4.06. The topological polar surface area (TPSA) is 120 Å². The molecule has 2 N–H and O–H groups in total. The second-order valence-corrected chi connectivity index (χ2v) is 12.0. The average Bonchev–Trinajstić information content (AvgIpc) is 3.72. The zero-order chi connectivity index (χ0) is 28.5. The largest absolute Gasteiger partial charge is 0.381 e. The first-order valence-corrected chi connectivity index (χ1v) is 15.3.